The van der Waals surface area contributed by atoms with Gasteiger partial charge in [0.15, 0.2) is 5.82 Å². The van der Waals surface area contributed by atoms with E-state index in [4.69, 9.17) is 4.98 Å². The van der Waals surface area contributed by atoms with E-state index in [9.17, 15) is 0 Å². The van der Waals surface area contributed by atoms with Gasteiger partial charge in [-0.3, -0.25) is 14.7 Å². The first-order chi connectivity index (χ1) is 12.2. The second-order valence-corrected chi connectivity index (χ2v) is 6.86. The highest BCUT2D eigenvalue weighted by Gasteiger charge is 2.24. The van der Waals surface area contributed by atoms with Crippen LogP contribution in [0.4, 0.5) is 0 Å². The second-order valence-electron chi connectivity index (χ2n) is 6.86. The summed E-state index contributed by atoms with van der Waals surface area (Å²) in [7, 11) is 2.00. The number of piperidine rings is 1. The maximum absolute atomic E-state index is 4.73. The molecule has 6 heteroatoms. The summed E-state index contributed by atoms with van der Waals surface area (Å²) in [6.07, 6.45) is 2.21. The molecule has 0 atom stereocenters. The monoisotopic (exact) mass is 336 g/mol. The van der Waals surface area contributed by atoms with E-state index >= 15 is 0 Å². The van der Waals surface area contributed by atoms with Crippen LogP contribution in [0.25, 0.3) is 11.4 Å². The molecular formula is C19H24N6. The van der Waals surface area contributed by atoms with Crippen molar-refractivity contribution in [1.29, 1.82) is 0 Å². The van der Waals surface area contributed by atoms with Crippen molar-refractivity contribution in [3.05, 3.63) is 53.6 Å². The zero-order valence-electron chi connectivity index (χ0n) is 14.8. The first-order valence-corrected chi connectivity index (χ1v) is 8.88. The smallest absolute Gasteiger partial charge is 0.181 e. The van der Waals surface area contributed by atoms with Gasteiger partial charge in [-0.2, -0.15) is 10.2 Å². The van der Waals surface area contributed by atoms with E-state index in [1.165, 1.54) is 5.69 Å². The molecule has 0 bridgehead atoms. The van der Waals surface area contributed by atoms with Gasteiger partial charge in [-0.25, -0.2) is 4.98 Å². The molecule has 1 aliphatic rings. The van der Waals surface area contributed by atoms with Crippen molar-refractivity contribution in [3.63, 3.8) is 0 Å². The maximum atomic E-state index is 4.73. The van der Waals surface area contributed by atoms with Crippen molar-refractivity contribution in [1.82, 2.24) is 29.9 Å². The van der Waals surface area contributed by atoms with Crippen LogP contribution in [0.2, 0.25) is 0 Å². The minimum atomic E-state index is 0.465. The highest BCUT2D eigenvalue weighted by atomic mass is 15.3. The van der Waals surface area contributed by atoms with E-state index in [0.29, 0.717) is 5.92 Å². The Labute approximate surface area is 147 Å². The molecule has 1 saturated heterocycles. The molecule has 25 heavy (non-hydrogen) atoms. The minimum absolute atomic E-state index is 0.465. The molecular weight excluding hydrogens is 312 g/mol. The summed E-state index contributed by atoms with van der Waals surface area (Å²) < 4.78 is 1.95. The molecule has 1 N–H and O–H groups in total. The zero-order valence-corrected chi connectivity index (χ0v) is 14.8. The van der Waals surface area contributed by atoms with Crippen molar-refractivity contribution in [2.45, 2.75) is 32.2 Å². The van der Waals surface area contributed by atoms with Crippen molar-refractivity contribution < 1.29 is 0 Å². The number of hydrogen-bond acceptors (Lipinski definition) is 4. The number of rotatable bonds is 4. The number of aryl methyl sites for hydroxylation is 2. The van der Waals surface area contributed by atoms with Gasteiger partial charge < -0.3 is 0 Å². The number of H-pyrrole nitrogens is 1. The normalized spacial score (nSPS) is 16.4. The van der Waals surface area contributed by atoms with E-state index in [2.05, 4.69) is 33.2 Å². The van der Waals surface area contributed by atoms with Crippen LogP contribution in [0.5, 0.6) is 0 Å². The van der Waals surface area contributed by atoms with Gasteiger partial charge in [0.1, 0.15) is 5.82 Å². The van der Waals surface area contributed by atoms with Crippen LogP contribution >= 0.6 is 0 Å². The van der Waals surface area contributed by atoms with Gasteiger partial charge in [0.25, 0.3) is 0 Å². The molecule has 6 nitrogen and oxygen atoms in total. The minimum Gasteiger partial charge on any atom is -0.297 e. The zero-order chi connectivity index (χ0) is 17.2. The average Bonchev–Trinajstić information content (AvgIpc) is 3.24. The molecule has 3 heterocycles. The van der Waals surface area contributed by atoms with Crippen molar-refractivity contribution in [3.8, 4) is 11.4 Å². The average molecular weight is 336 g/mol. The Bertz CT molecular complexity index is 807. The van der Waals surface area contributed by atoms with Crippen LogP contribution in [0.1, 0.15) is 36.0 Å². The lowest BCUT2D eigenvalue weighted by Crippen LogP contribution is -2.32. The van der Waals surface area contributed by atoms with Crippen LogP contribution < -0.4 is 0 Å². The lowest BCUT2D eigenvalue weighted by atomic mass is 9.96. The lowest BCUT2D eigenvalue weighted by Gasteiger charge is -2.30. The third kappa shape index (κ3) is 3.49. The Hall–Kier alpha value is -2.47. The van der Waals surface area contributed by atoms with Crippen LogP contribution in [-0.2, 0) is 13.6 Å². The second kappa shape index (κ2) is 6.80. The summed E-state index contributed by atoms with van der Waals surface area (Å²) in [4.78, 5) is 7.21. The molecule has 3 aromatic rings. The van der Waals surface area contributed by atoms with Crippen LogP contribution in [0, 0.1) is 6.92 Å². The molecule has 1 aliphatic heterocycles. The highest BCUT2D eigenvalue weighted by Crippen LogP contribution is 2.27. The number of hydrogen-bond donors (Lipinski definition) is 1. The number of nitrogens with zero attached hydrogens (tertiary/aromatic N) is 5. The van der Waals surface area contributed by atoms with E-state index in [-0.39, 0.29) is 0 Å². The molecule has 0 saturated carbocycles. The first kappa shape index (κ1) is 16.0. The van der Waals surface area contributed by atoms with Gasteiger partial charge in [-0.15, -0.1) is 0 Å². The Morgan fingerprint density at radius 2 is 1.92 bits per heavy atom. The fourth-order valence-electron chi connectivity index (χ4n) is 3.48. The quantitative estimate of drug-likeness (QED) is 0.796. The molecule has 1 fully saturated rings. The third-order valence-electron chi connectivity index (χ3n) is 5.06. The van der Waals surface area contributed by atoms with Crippen LogP contribution in [0.15, 0.2) is 36.4 Å². The molecule has 1 aromatic carbocycles. The third-order valence-corrected chi connectivity index (χ3v) is 5.06. The van der Waals surface area contributed by atoms with E-state index in [1.807, 2.05) is 42.1 Å². The predicted octanol–water partition coefficient (Wildman–Crippen LogP) is 2.89. The Kier molecular flexibility index (Phi) is 4.36. The van der Waals surface area contributed by atoms with E-state index in [1.54, 1.807) is 0 Å². The van der Waals surface area contributed by atoms with Crippen molar-refractivity contribution >= 4 is 0 Å². The molecule has 2 aromatic heterocycles. The van der Waals surface area contributed by atoms with Gasteiger partial charge in [0, 0.05) is 30.8 Å². The van der Waals surface area contributed by atoms with Crippen LogP contribution in [-0.4, -0.2) is 43.0 Å². The topological polar surface area (TPSA) is 62.6 Å². The number of aromatic nitrogens is 5. The van der Waals surface area contributed by atoms with Crippen molar-refractivity contribution in [2.24, 2.45) is 7.05 Å². The van der Waals surface area contributed by atoms with Gasteiger partial charge in [-0.05, 0) is 38.9 Å². The summed E-state index contributed by atoms with van der Waals surface area (Å²) in [5.74, 6) is 2.28. The molecule has 0 unspecified atom stereocenters. The number of nitrogens with one attached hydrogen (secondary N) is 1. The summed E-state index contributed by atoms with van der Waals surface area (Å²) >= 11 is 0. The Morgan fingerprint density at radius 1 is 1.16 bits per heavy atom. The molecule has 0 aliphatic carbocycles. The number of aromatic amines is 1. The highest BCUT2D eigenvalue weighted by molar-refractivity contribution is 5.53. The summed E-state index contributed by atoms with van der Waals surface area (Å²) in [6, 6.07) is 12.3. The molecule has 0 spiro atoms. The fraction of sp³-hybridized carbons (Fsp3) is 0.421. The first-order valence-electron chi connectivity index (χ1n) is 8.88. The largest absolute Gasteiger partial charge is 0.297 e. The SMILES string of the molecule is Cc1cc(CN2CCC(c3nc(-c4ccccc4)n[nH]3)CC2)nn1C. The van der Waals surface area contributed by atoms with Gasteiger partial charge in [0.2, 0.25) is 0 Å². The molecule has 0 amide bonds. The van der Waals surface area contributed by atoms with E-state index in [0.717, 1.165) is 55.4 Å². The van der Waals surface area contributed by atoms with Crippen molar-refractivity contribution in [2.75, 3.05) is 13.1 Å². The molecule has 0 radical (unpaired) electrons. The predicted molar refractivity (Wildman–Crippen MR) is 97.0 cm³/mol. The lowest BCUT2D eigenvalue weighted by molar-refractivity contribution is 0.199. The summed E-state index contributed by atoms with van der Waals surface area (Å²) in [5, 5.41) is 12.1. The summed E-state index contributed by atoms with van der Waals surface area (Å²) in [6.45, 7) is 5.17. The maximum Gasteiger partial charge on any atom is 0.181 e. The standard InChI is InChI=1S/C19H24N6/c1-14-12-17(23-24(14)2)13-25-10-8-16(9-11-25)19-20-18(21-22-19)15-6-4-3-5-7-15/h3-7,12,16H,8-11,13H2,1-2H3,(H,20,21,22). The Morgan fingerprint density at radius 3 is 2.60 bits per heavy atom. The fourth-order valence-corrected chi connectivity index (χ4v) is 3.48. The van der Waals surface area contributed by atoms with Crippen LogP contribution in [0.3, 0.4) is 0 Å². The number of likely N-dealkylation sites (tertiary alicyclic amines) is 1. The van der Waals surface area contributed by atoms with Gasteiger partial charge in [-0.1, -0.05) is 30.3 Å². The Balaban J connectivity index is 1.36. The van der Waals surface area contributed by atoms with Gasteiger partial charge >= 0.3 is 0 Å². The number of benzene rings is 1. The molecule has 4 rings (SSSR count). The van der Waals surface area contributed by atoms with E-state index < -0.39 is 0 Å². The van der Waals surface area contributed by atoms with Gasteiger partial charge in [0.05, 0.1) is 5.69 Å². The molecule has 130 valence electrons. The summed E-state index contributed by atoms with van der Waals surface area (Å²) in [5.41, 5.74) is 3.43.